The highest BCUT2D eigenvalue weighted by molar-refractivity contribution is 7.92. The number of hydrogen-bond acceptors (Lipinski definition) is 5. The summed E-state index contributed by atoms with van der Waals surface area (Å²) in [7, 11) is -3.49. The number of nitrogens with zero attached hydrogens (tertiary/aromatic N) is 2. The highest BCUT2D eigenvalue weighted by Gasteiger charge is 2.32. The van der Waals surface area contributed by atoms with E-state index in [1.807, 2.05) is 5.38 Å². The van der Waals surface area contributed by atoms with Crippen molar-refractivity contribution in [3.05, 3.63) is 75.8 Å². The van der Waals surface area contributed by atoms with E-state index in [9.17, 15) is 17.2 Å². The molecule has 1 aliphatic rings. The van der Waals surface area contributed by atoms with E-state index >= 15 is 0 Å². The number of piperidine rings is 1. The van der Waals surface area contributed by atoms with Gasteiger partial charge in [-0.3, -0.25) is 0 Å². The maximum Gasteiger partial charge on any atom is 0.185 e. The van der Waals surface area contributed by atoms with Gasteiger partial charge in [-0.2, -0.15) is 0 Å². The average molecular weight is 469 g/mol. The SMILES string of the molecule is O=S(=O)(c1ccc(F)cc1)C1CCN(c2nc(Cc3cc(F)cc(Cl)c3)cs2)CC1. The fourth-order valence-corrected chi connectivity index (χ4v) is 6.47. The van der Waals surface area contributed by atoms with E-state index in [0.29, 0.717) is 37.4 Å². The lowest BCUT2D eigenvalue weighted by Gasteiger charge is -2.31. The molecule has 1 fully saturated rings. The van der Waals surface area contributed by atoms with Gasteiger partial charge in [0.05, 0.1) is 15.8 Å². The molecule has 0 amide bonds. The third kappa shape index (κ3) is 4.66. The molecule has 0 bridgehead atoms. The van der Waals surface area contributed by atoms with Gasteiger partial charge in [-0.25, -0.2) is 22.2 Å². The second kappa shape index (κ2) is 8.61. The Kier molecular flexibility index (Phi) is 6.09. The number of sulfone groups is 1. The van der Waals surface area contributed by atoms with Crippen LogP contribution >= 0.6 is 22.9 Å². The predicted octanol–water partition coefficient (Wildman–Crippen LogP) is 5.11. The highest BCUT2D eigenvalue weighted by Crippen LogP contribution is 2.30. The Morgan fingerprint density at radius 3 is 2.43 bits per heavy atom. The van der Waals surface area contributed by atoms with Crippen LogP contribution in [0.4, 0.5) is 13.9 Å². The topological polar surface area (TPSA) is 50.3 Å². The number of halogens is 3. The molecule has 1 aliphatic heterocycles. The quantitative estimate of drug-likeness (QED) is 0.488. The molecule has 0 N–H and O–H groups in total. The van der Waals surface area contributed by atoms with Crippen LogP contribution in [0, 0.1) is 11.6 Å². The van der Waals surface area contributed by atoms with Crippen LogP contribution in [0.5, 0.6) is 0 Å². The average Bonchev–Trinajstić information content (AvgIpc) is 3.16. The summed E-state index contributed by atoms with van der Waals surface area (Å²) in [6, 6.07) is 9.41. The number of anilines is 1. The van der Waals surface area contributed by atoms with E-state index in [2.05, 4.69) is 9.88 Å². The van der Waals surface area contributed by atoms with Crippen molar-refractivity contribution < 1.29 is 17.2 Å². The maximum absolute atomic E-state index is 13.5. The summed E-state index contributed by atoms with van der Waals surface area (Å²) in [5, 5.41) is 2.61. The van der Waals surface area contributed by atoms with E-state index in [-0.39, 0.29) is 10.7 Å². The molecular formula is C21H19ClF2N2O2S2. The van der Waals surface area contributed by atoms with E-state index in [1.54, 1.807) is 6.07 Å². The zero-order valence-corrected chi connectivity index (χ0v) is 18.3. The third-order valence-corrected chi connectivity index (χ3v) is 8.59. The van der Waals surface area contributed by atoms with Gasteiger partial charge in [0.15, 0.2) is 15.0 Å². The molecule has 0 aliphatic carbocycles. The molecule has 0 atom stereocenters. The minimum atomic E-state index is -3.49. The molecule has 0 radical (unpaired) electrons. The van der Waals surface area contributed by atoms with Crippen molar-refractivity contribution in [3.63, 3.8) is 0 Å². The summed E-state index contributed by atoms with van der Waals surface area (Å²) in [6.45, 7) is 1.15. The van der Waals surface area contributed by atoms with Gasteiger partial charge in [0.1, 0.15) is 11.6 Å². The van der Waals surface area contributed by atoms with Gasteiger partial charge in [-0.1, -0.05) is 11.6 Å². The second-order valence-electron chi connectivity index (χ2n) is 7.26. The lowest BCUT2D eigenvalue weighted by atomic mass is 10.1. The Bertz CT molecular complexity index is 1120. The molecule has 0 unspecified atom stereocenters. The second-order valence-corrected chi connectivity index (χ2v) is 10.8. The van der Waals surface area contributed by atoms with Crippen LogP contribution in [0.25, 0.3) is 0 Å². The lowest BCUT2D eigenvalue weighted by molar-refractivity contribution is 0.529. The van der Waals surface area contributed by atoms with Crippen molar-refractivity contribution in [2.75, 3.05) is 18.0 Å². The van der Waals surface area contributed by atoms with Crippen LogP contribution in [0.15, 0.2) is 52.7 Å². The Hall–Kier alpha value is -2.03. The van der Waals surface area contributed by atoms with Gasteiger partial charge in [0, 0.05) is 29.9 Å². The molecule has 4 rings (SSSR count). The summed E-state index contributed by atoms with van der Waals surface area (Å²) in [5.74, 6) is -0.832. The summed E-state index contributed by atoms with van der Waals surface area (Å²) >= 11 is 7.40. The molecule has 30 heavy (non-hydrogen) atoms. The van der Waals surface area contributed by atoms with Crippen LogP contribution in [0.1, 0.15) is 24.1 Å². The first-order chi connectivity index (χ1) is 14.3. The first-order valence-electron chi connectivity index (χ1n) is 9.45. The minimum absolute atomic E-state index is 0.160. The molecule has 9 heteroatoms. The van der Waals surface area contributed by atoms with Crippen LogP contribution in [0.2, 0.25) is 5.02 Å². The largest absolute Gasteiger partial charge is 0.348 e. The fourth-order valence-electron chi connectivity index (χ4n) is 3.62. The standard InChI is InChI=1S/C21H19ClF2N2O2S2/c22-15-9-14(10-17(24)12-15)11-18-13-29-21(25-18)26-7-5-20(6-8-26)30(27,28)19-3-1-16(23)2-4-19/h1-4,9-10,12-13,20H,5-8,11H2. The van der Waals surface area contributed by atoms with Gasteiger partial charge in [0.25, 0.3) is 0 Å². The number of hydrogen-bond donors (Lipinski definition) is 0. The number of aromatic nitrogens is 1. The van der Waals surface area contributed by atoms with Gasteiger partial charge < -0.3 is 4.90 Å². The van der Waals surface area contributed by atoms with Crippen molar-refractivity contribution in [2.24, 2.45) is 0 Å². The minimum Gasteiger partial charge on any atom is -0.348 e. The lowest BCUT2D eigenvalue weighted by Crippen LogP contribution is -2.39. The summed E-state index contributed by atoms with van der Waals surface area (Å²) in [4.78, 5) is 6.86. The Morgan fingerprint density at radius 2 is 1.77 bits per heavy atom. The van der Waals surface area contributed by atoms with Gasteiger partial charge in [-0.05, 0) is 60.9 Å². The molecular weight excluding hydrogens is 450 g/mol. The normalized spacial score (nSPS) is 15.5. The van der Waals surface area contributed by atoms with Crippen LogP contribution in [-0.4, -0.2) is 31.7 Å². The zero-order chi connectivity index (χ0) is 21.3. The van der Waals surface area contributed by atoms with E-state index in [0.717, 1.165) is 16.4 Å². The van der Waals surface area contributed by atoms with Gasteiger partial charge in [-0.15, -0.1) is 11.3 Å². The Balaban J connectivity index is 1.40. The summed E-state index contributed by atoms with van der Waals surface area (Å²) in [5.41, 5.74) is 1.57. The van der Waals surface area contributed by atoms with E-state index in [4.69, 9.17) is 11.6 Å². The number of rotatable bonds is 5. The molecule has 158 valence electrons. The fraction of sp³-hybridized carbons (Fsp3) is 0.286. The monoisotopic (exact) mass is 468 g/mol. The van der Waals surface area contributed by atoms with E-state index in [1.165, 1.54) is 47.7 Å². The first-order valence-corrected chi connectivity index (χ1v) is 12.3. The maximum atomic E-state index is 13.5. The van der Waals surface area contributed by atoms with Crippen LogP contribution in [-0.2, 0) is 16.3 Å². The highest BCUT2D eigenvalue weighted by atomic mass is 35.5. The van der Waals surface area contributed by atoms with Crippen LogP contribution in [0.3, 0.4) is 0 Å². The molecule has 0 spiro atoms. The molecule has 1 saturated heterocycles. The Morgan fingerprint density at radius 1 is 1.07 bits per heavy atom. The number of benzene rings is 2. The molecule has 0 saturated carbocycles. The van der Waals surface area contributed by atoms with E-state index < -0.39 is 20.9 Å². The number of thiazole rings is 1. The van der Waals surface area contributed by atoms with Crippen molar-refractivity contribution in [1.29, 1.82) is 0 Å². The smallest absolute Gasteiger partial charge is 0.185 e. The molecule has 2 aromatic carbocycles. The van der Waals surface area contributed by atoms with Crippen molar-refractivity contribution in [3.8, 4) is 0 Å². The summed E-state index contributed by atoms with van der Waals surface area (Å²) < 4.78 is 52.2. The first kappa shape index (κ1) is 21.2. The molecule has 3 aromatic rings. The Labute approximate surface area is 183 Å². The van der Waals surface area contributed by atoms with Crippen molar-refractivity contribution >= 4 is 37.9 Å². The van der Waals surface area contributed by atoms with Crippen molar-refractivity contribution in [1.82, 2.24) is 4.98 Å². The zero-order valence-electron chi connectivity index (χ0n) is 15.9. The molecule has 2 heterocycles. The van der Waals surface area contributed by atoms with Crippen LogP contribution < -0.4 is 4.90 Å². The third-order valence-electron chi connectivity index (χ3n) is 5.14. The van der Waals surface area contributed by atoms with Gasteiger partial charge in [0.2, 0.25) is 0 Å². The molecule has 4 nitrogen and oxygen atoms in total. The molecule has 1 aromatic heterocycles. The predicted molar refractivity (Wildman–Crippen MR) is 115 cm³/mol. The van der Waals surface area contributed by atoms with Gasteiger partial charge >= 0.3 is 0 Å². The summed E-state index contributed by atoms with van der Waals surface area (Å²) in [6.07, 6.45) is 1.44. The van der Waals surface area contributed by atoms with Crippen molar-refractivity contribution in [2.45, 2.75) is 29.4 Å².